The number of urea groups is 1. The van der Waals surface area contributed by atoms with Crippen LogP contribution in [-0.4, -0.2) is 57.5 Å². The second kappa shape index (κ2) is 12.2. The molecule has 38 heavy (non-hydrogen) atoms. The summed E-state index contributed by atoms with van der Waals surface area (Å²) in [7, 11) is -4.45. The van der Waals surface area contributed by atoms with E-state index in [1.807, 2.05) is 13.8 Å². The van der Waals surface area contributed by atoms with Gasteiger partial charge in [-0.1, -0.05) is 29.8 Å². The number of carbonyl (C=O) groups excluding carboxylic acids is 2. The van der Waals surface area contributed by atoms with Crippen LogP contribution in [-0.2, 0) is 21.0 Å². The second-order valence-electron chi connectivity index (χ2n) is 9.35. The Morgan fingerprint density at radius 2 is 1.84 bits per heavy atom. The monoisotopic (exact) mass is 574 g/mol. The van der Waals surface area contributed by atoms with Crippen LogP contribution in [0.2, 0.25) is 5.02 Å². The van der Waals surface area contributed by atoms with Gasteiger partial charge in [0.1, 0.15) is 6.54 Å². The number of anilines is 1. The zero-order valence-electron chi connectivity index (χ0n) is 21.0. The summed E-state index contributed by atoms with van der Waals surface area (Å²) in [6.07, 6.45) is -3.38. The first-order valence-corrected chi connectivity index (χ1v) is 13.9. The molecule has 3 amide bonds. The maximum Gasteiger partial charge on any atom is 0.416 e. The molecule has 13 heteroatoms. The summed E-state index contributed by atoms with van der Waals surface area (Å²) in [5.74, 6) is -0.656. The Labute approximate surface area is 225 Å². The van der Waals surface area contributed by atoms with Gasteiger partial charge in [0, 0.05) is 25.7 Å². The Morgan fingerprint density at radius 1 is 1.16 bits per heavy atom. The van der Waals surface area contributed by atoms with Crippen molar-refractivity contribution in [2.24, 2.45) is 5.92 Å². The number of benzene rings is 2. The highest BCUT2D eigenvalue weighted by Crippen LogP contribution is 2.37. The topological polar surface area (TPSA) is 98.8 Å². The summed E-state index contributed by atoms with van der Waals surface area (Å²) in [4.78, 5) is 26.5. The zero-order chi connectivity index (χ0) is 28.1. The van der Waals surface area contributed by atoms with Crippen molar-refractivity contribution in [1.29, 1.82) is 0 Å². The number of halogens is 4. The molecule has 1 fully saturated rings. The summed E-state index contributed by atoms with van der Waals surface area (Å²) in [6.45, 7) is 3.83. The molecule has 3 rings (SSSR count). The van der Waals surface area contributed by atoms with Gasteiger partial charge in [0.2, 0.25) is 5.91 Å². The zero-order valence-corrected chi connectivity index (χ0v) is 22.5. The van der Waals surface area contributed by atoms with Gasteiger partial charge in [-0.3, -0.25) is 9.10 Å². The number of piperidine rings is 1. The lowest BCUT2D eigenvalue weighted by atomic mass is 9.98. The van der Waals surface area contributed by atoms with E-state index in [0.29, 0.717) is 29.9 Å². The normalized spacial score (nSPS) is 16.3. The Kier molecular flexibility index (Phi) is 9.53. The summed E-state index contributed by atoms with van der Waals surface area (Å²) < 4.78 is 68.1. The van der Waals surface area contributed by atoms with Crippen molar-refractivity contribution in [2.75, 3.05) is 30.5 Å². The molecule has 2 aromatic rings. The summed E-state index contributed by atoms with van der Waals surface area (Å²) in [5, 5.41) is 5.23. The predicted octanol–water partition coefficient (Wildman–Crippen LogP) is 4.50. The third-order valence-electron chi connectivity index (χ3n) is 5.99. The third kappa shape index (κ3) is 7.53. The van der Waals surface area contributed by atoms with Crippen LogP contribution in [0.25, 0.3) is 0 Å². The minimum Gasteiger partial charge on any atom is -0.341 e. The van der Waals surface area contributed by atoms with Crippen LogP contribution >= 0.6 is 11.6 Å². The van der Waals surface area contributed by atoms with Crippen LogP contribution in [0.3, 0.4) is 0 Å². The minimum atomic E-state index is -4.75. The number of nitrogens with one attached hydrogen (secondary N) is 2. The molecule has 208 valence electrons. The Balaban J connectivity index is 1.87. The van der Waals surface area contributed by atoms with E-state index in [0.717, 1.165) is 18.6 Å². The van der Waals surface area contributed by atoms with Gasteiger partial charge in [-0.15, -0.1) is 0 Å². The van der Waals surface area contributed by atoms with E-state index in [4.69, 9.17) is 11.6 Å². The molecule has 1 heterocycles. The molecular formula is C25H30ClF3N4O4S. The molecule has 1 atom stereocenters. The number of nitrogens with zero attached hydrogens (tertiary/aromatic N) is 2. The molecule has 0 bridgehead atoms. The number of carbonyl (C=O) groups is 2. The molecule has 0 saturated carbocycles. The smallest absolute Gasteiger partial charge is 0.341 e. The number of rotatable bonds is 8. The van der Waals surface area contributed by atoms with Crippen LogP contribution in [0.15, 0.2) is 53.4 Å². The first kappa shape index (κ1) is 29.6. The van der Waals surface area contributed by atoms with Gasteiger partial charge in [-0.25, -0.2) is 13.2 Å². The molecular weight excluding hydrogens is 545 g/mol. The lowest BCUT2D eigenvalue weighted by Gasteiger charge is -2.35. The van der Waals surface area contributed by atoms with Crippen molar-refractivity contribution in [1.82, 2.24) is 15.5 Å². The molecule has 2 aromatic carbocycles. The average Bonchev–Trinajstić information content (AvgIpc) is 2.86. The maximum absolute atomic E-state index is 13.6. The number of sulfonamides is 1. The third-order valence-corrected chi connectivity index (χ3v) is 8.09. The molecule has 1 unspecified atom stereocenters. The van der Waals surface area contributed by atoms with Crippen LogP contribution in [0.4, 0.5) is 23.7 Å². The van der Waals surface area contributed by atoms with Gasteiger partial charge in [0.05, 0.1) is 21.2 Å². The average molecular weight is 575 g/mol. The van der Waals surface area contributed by atoms with E-state index in [2.05, 4.69) is 10.6 Å². The van der Waals surface area contributed by atoms with E-state index in [1.54, 1.807) is 6.07 Å². The minimum absolute atomic E-state index is 0.0420. The second-order valence-corrected chi connectivity index (χ2v) is 11.6. The predicted molar refractivity (Wildman–Crippen MR) is 138 cm³/mol. The molecule has 8 nitrogen and oxygen atoms in total. The summed E-state index contributed by atoms with van der Waals surface area (Å²) >= 11 is 6.19. The van der Waals surface area contributed by atoms with E-state index >= 15 is 0 Å². The van der Waals surface area contributed by atoms with Crippen LogP contribution in [0.1, 0.15) is 32.3 Å². The highest BCUT2D eigenvalue weighted by Gasteiger charge is 2.35. The van der Waals surface area contributed by atoms with Crippen molar-refractivity contribution < 1.29 is 31.2 Å². The van der Waals surface area contributed by atoms with Gasteiger partial charge in [-0.05, 0) is 62.9 Å². The van der Waals surface area contributed by atoms with Gasteiger partial charge < -0.3 is 15.5 Å². The van der Waals surface area contributed by atoms with Crippen LogP contribution in [0, 0.1) is 5.92 Å². The van der Waals surface area contributed by atoms with Crippen molar-refractivity contribution >= 4 is 39.2 Å². The van der Waals surface area contributed by atoms with E-state index in [9.17, 15) is 31.2 Å². The largest absolute Gasteiger partial charge is 0.416 e. The molecule has 0 aliphatic carbocycles. The Hall–Kier alpha value is -2.99. The first-order chi connectivity index (χ1) is 17.8. The van der Waals surface area contributed by atoms with Gasteiger partial charge in [0.15, 0.2) is 0 Å². The Bertz CT molecular complexity index is 1240. The number of alkyl halides is 3. The fourth-order valence-corrected chi connectivity index (χ4v) is 5.85. The quantitative estimate of drug-likeness (QED) is 0.485. The molecule has 1 aliphatic heterocycles. The van der Waals surface area contributed by atoms with Crippen LogP contribution < -0.4 is 14.9 Å². The lowest BCUT2D eigenvalue weighted by Crippen LogP contribution is -2.49. The number of hydrogen-bond donors (Lipinski definition) is 2. The van der Waals surface area contributed by atoms with E-state index in [-0.39, 0.29) is 34.5 Å². The van der Waals surface area contributed by atoms with Crippen molar-refractivity contribution in [3.8, 4) is 0 Å². The van der Waals surface area contributed by atoms with Crippen molar-refractivity contribution in [2.45, 2.75) is 43.8 Å². The van der Waals surface area contributed by atoms with Crippen LogP contribution in [0.5, 0.6) is 0 Å². The SMILES string of the molecule is CC(C)NC(=O)NCC1CCCN(C(=O)CN(c2cc(C(F)(F)F)ccc2Cl)S(=O)(=O)c2ccccc2)C1. The van der Waals surface area contributed by atoms with Crippen molar-refractivity contribution in [3.05, 3.63) is 59.1 Å². The fraction of sp³-hybridized carbons (Fsp3) is 0.440. The summed E-state index contributed by atoms with van der Waals surface area (Å²) in [6, 6.07) is 9.08. The highest BCUT2D eigenvalue weighted by molar-refractivity contribution is 7.92. The van der Waals surface area contributed by atoms with Gasteiger partial charge in [-0.2, -0.15) is 13.2 Å². The molecule has 0 spiro atoms. The number of amides is 3. The molecule has 1 aliphatic rings. The van der Waals surface area contributed by atoms with Gasteiger partial charge in [0.25, 0.3) is 10.0 Å². The number of likely N-dealkylation sites (tertiary alicyclic amines) is 1. The molecule has 2 N–H and O–H groups in total. The fourth-order valence-electron chi connectivity index (χ4n) is 4.13. The lowest BCUT2D eigenvalue weighted by molar-refractivity contribution is -0.137. The maximum atomic E-state index is 13.6. The van der Waals surface area contributed by atoms with E-state index < -0.39 is 39.9 Å². The van der Waals surface area contributed by atoms with Gasteiger partial charge >= 0.3 is 12.2 Å². The highest BCUT2D eigenvalue weighted by atomic mass is 35.5. The number of hydrogen-bond acceptors (Lipinski definition) is 4. The molecule has 0 aromatic heterocycles. The Morgan fingerprint density at radius 3 is 2.47 bits per heavy atom. The molecule has 0 radical (unpaired) electrons. The van der Waals surface area contributed by atoms with Crippen molar-refractivity contribution in [3.63, 3.8) is 0 Å². The first-order valence-electron chi connectivity index (χ1n) is 12.1. The van der Waals surface area contributed by atoms with E-state index in [1.165, 1.54) is 29.2 Å². The standard InChI is InChI=1S/C25H30ClF3N4O4S/c1-17(2)31-24(35)30-14-18-7-6-12-32(15-18)23(34)16-33(38(36,37)20-8-4-3-5-9-20)22-13-19(25(27,28)29)10-11-21(22)26/h3-5,8-11,13,17-18H,6-7,12,14-16H2,1-2H3,(H2,30,31,35). The molecule has 1 saturated heterocycles. The summed E-state index contributed by atoms with van der Waals surface area (Å²) in [5.41, 5.74) is -1.54.